The summed E-state index contributed by atoms with van der Waals surface area (Å²) in [5.74, 6) is 0.362. The first-order chi connectivity index (χ1) is 9.78. The fraction of sp³-hybridized carbons (Fsp3) is 0.615. The zero-order valence-electron chi connectivity index (χ0n) is 11.6. The third kappa shape index (κ3) is 3.87. The van der Waals surface area contributed by atoms with Gasteiger partial charge < -0.3 is 5.11 Å². The Bertz CT molecular complexity index is 624. The van der Waals surface area contributed by atoms with Crippen molar-refractivity contribution in [3.63, 3.8) is 0 Å². The number of hydrogen-bond acceptors (Lipinski definition) is 4. The summed E-state index contributed by atoms with van der Waals surface area (Å²) in [5, 5.41) is 9.81. The summed E-state index contributed by atoms with van der Waals surface area (Å²) in [6.45, 7) is 1.82. The number of sulfonamides is 1. The van der Waals surface area contributed by atoms with Crippen LogP contribution < -0.4 is 4.72 Å². The molecule has 1 saturated carbocycles. The predicted molar refractivity (Wildman–Crippen MR) is 82.0 cm³/mol. The van der Waals surface area contributed by atoms with E-state index in [1.165, 1.54) is 6.07 Å². The third-order valence-corrected chi connectivity index (χ3v) is 6.06. The van der Waals surface area contributed by atoms with Crippen molar-refractivity contribution in [1.29, 1.82) is 0 Å². The number of hydrogen-bond donors (Lipinski definition) is 2. The van der Waals surface area contributed by atoms with Gasteiger partial charge in [0.05, 0.1) is 17.2 Å². The second kappa shape index (κ2) is 6.38. The largest absolute Gasteiger partial charge is 0.394 e. The van der Waals surface area contributed by atoms with Crippen LogP contribution in [0.1, 0.15) is 32.6 Å². The van der Waals surface area contributed by atoms with Gasteiger partial charge in [0.1, 0.15) is 10.0 Å². The van der Waals surface area contributed by atoms with Gasteiger partial charge in [-0.05, 0) is 24.8 Å². The monoisotopic (exact) mass is 352 g/mol. The molecule has 0 saturated heterocycles. The van der Waals surface area contributed by atoms with Crippen LogP contribution in [-0.4, -0.2) is 30.7 Å². The lowest BCUT2D eigenvalue weighted by Crippen LogP contribution is -2.53. The smallest absolute Gasteiger partial charge is 0.242 e. The van der Waals surface area contributed by atoms with Gasteiger partial charge in [-0.3, -0.25) is 0 Å². The number of nitrogens with one attached hydrogen (secondary N) is 1. The van der Waals surface area contributed by atoms with Crippen LogP contribution in [-0.2, 0) is 10.0 Å². The van der Waals surface area contributed by atoms with E-state index >= 15 is 0 Å². The van der Waals surface area contributed by atoms with Gasteiger partial charge in [0.2, 0.25) is 10.0 Å². The van der Waals surface area contributed by atoms with Crippen LogP contribution in [0.4, 0.5) is 0 Å². The minimum atomic E-state index is -3.81. The molecule has 1 fully saturated rings. The summed E-state index contributed by atoms with van der Waals surface area (Å²) in [6.07, 6.45) is 4.30. The van der Waals surface area contributed by atoms with Gasteiger partial charge in [0, 0.05) is 6.20 Å². The van der Waals surface area contributed by atoms with Gasteiger partial charge in [-0.2, -0.15) is 0 Å². The molecule has 118 valence electrons. The number of nitrogens with zero attached hydrogens (tertiary/aromatic N) is 1. The maximum atomic E-state index is 12.5. The Balaban J connectivity index is 2.28. The van der Waals surface area contributed by atoms with Crippen molar-refractivity contribution in [2.24, 2.45) is 5.92 Å². The quantitative estimate of drug-likeness (QED) is 0.816. The lowest BCUT2D eigenvalue weighted by molar-refractivity contribution is 0.119. The highest BCUT2D eigenvalue weighted by molar-refractivity contribution is 7.89. The molecule has 1 aromatic heterocycles. The third-order valence-electron chi connectivity index (χ3n) is 3.83. The van der Waals surface area contributed by atoms with Gasteiger partial charge in [-0.25, -0.2) is 18.1 Å². The van der Waals surface area contributed by atoms with Crippen LogP contribution in [0.3, 0.4) is 0 Å². The van der Waals surface area contributed by atoms with E-state index in [4.69, 9.17) is 23.2 Å². The molecular weight excluding hydrogens is 335 g/mol. The van der Waals surface area contributed by atoms with Crippen molar-refractivity contribution < 1.29 is 13.5 Å². The lowest BCUT2D eigenvalue weighted by atomic mass is 9.78. The van der Waals surface area contributed by atoms with E-state index < -0.39 is 15.6 Å². The van der Waals surface area contributed by atoms with Crippen LogP contribution in [0.15, 0.2) is 17.2 Å². The van der Waals surface area contributed by atoms with Gasteiger partial charge >= 0.3 is 0 Å². The van der Waals surface area contributed by atoms with Crippen molar-refractivity contribution in [3.8, 4) is 0 Å². The van der Waals surface area contributed by atoms with E-state index in [1.54, 1.807) is 0 Å². The average molecular weight is 353 g/mol. The van der Waals surface area contributed by atoms with E-state index in [0.717, 1.165) is 19.0 Å². The maximum Gasteiger partial charge on any atom is 0.242 e. The molecule has 0 spiro atoms. The summed E-state index contributed by atoms with van der Waals surface area (Å²) < 4.78 is 27.6. The first-order valence-corrected chi connectivity index (χ1v) is 8.98. The molecular formula is C13H18Cl2N2O3S. The zero-order valence-corrected chi connectivity index (χ0v) is 14.0. The van der Waals surface area contributed by atoms with Gasteiger partial charge in [0.15, 0.2) is 0 Å². The van der Waals surface area contributed by atoms with E-state index in [-0.39, 0.29) is 21.7 Å². The molecule has 21 heavy (non-hydrogen) atoms. The zero-order chi connectivity index (χ0) is 15.7. The second-order valence-corrected chi connectivity index (χ2v) is 8.14. The fourth-order valence-electron chi connectivity index (χ4n) is 2.82. The highest BCUT2D eigenvalue weighted by Gasteiger charge is 2.38. The van der Waals surface area contributed by atoms with Crippen molar-refractivity contribution in [3.05, 3.63) is 22.4 Å². The minimum absolute atomic E-state index is 0.0528. The molecule has 1 heterocycles. The molecule has 1 aliphatic carbocycles. The lowest BCUT2D eigenvalue weighted by Gasteiger charge is -2.38. The Morgan fingerprint density at radius 1 is 1.52 bits per heavy atom. The highest BCUT2D eigenvalue weighted by atomic mass is 35.5. The molecule has 0 aliphatic heterocycles. The van der Waals surface area contributed by atoms with Gasteiger partial charge in [0.25, 0.3) is 0 Å². The summed E-state index contributed by atoms with van der Waals surface area (Å²) in [5.41, 5.74) is -0.817. The second-order valence-electron chi connectivity index (χ2n) is 5.69. The number of aromatic nitrogens is 1. The van der Waals surface area contributed by atoms with Crippen molar-refractivity contribution in [2.75, 3.05) is 6.61 Å². The normalized spacial score (nSPS) is 26.8. The van der Waals surface area contributed by atoms with Crippen LogP contribution in [0.5, 0.6) is 0 Å². The van der Waals surface area contributed by atoms with E-state index in [9.17, 15) is 13.5 Å². The van der Waals surface area contributed by atoms with E-state index in [0.29, 0.717) is 18.8 Å². The number of aliphatic hydroxyl groups excluding tert-OH is 1. The summed E-state index contributed by atoms with van der Waals surface area (Å²) in [4.78, 5) is 3.70. The first kappa shape index (κ1) is 17.0. The van der Waals surface area contributed by atoms with Gasteiger partial charge in [-0.1, -0.05) is 43.0 Å². The summed E-state index contributed by atoms with van der Waals surface area (Å²) >= 11 is 11.5. The minimum Gasteiger partial charge on any atom is -0.394 e. The average Bonchev–Trinajstić information content (AvgIpc) is 2.41. The molecule has 1 aliphatic rings. The molecule has 0 amide bonds. The summed E-state index contributed by atoms with van der Waals surface area (Å²) in [6, 6.07) is 1.26. The van der Waals surface area contributed by atoms with Crippen LogP contribution in [0.2, 0.25) is 10.2 Å². The van der Waals surface area contributed by atoms with E-state index in [1.807, 2.05) is 0 Å². The predicted octanol–water partition coefficient (Wildman–Crippen LogP) is 2.61. The molecule has 1 aromatic rings. The molecule has 2 unspecified atom stereocenters. The highest BCUT2D eigenvalue weighted by Crippen LogP contribution is 2.33. The molecule has 8 heteroatoms. The Labute approximate surface area is 134 Å². The number of halogens is 2. The number of rotatable bonds is 4. The number of pyridine rings is 1. The van der Waals surface area contributed by atoms with Crippen LogP contribution >= 0.6 is 23.2 Å². The first-order valence-electron chi connectivity index (χ1n) is 6.74. The molecule has 0 radical (unpaired) electrons. The van der Waals surface area contributed by atoms with Crippen LogP contribution in [0, 0.1) is 5.92 Å². The molecule has 2 atom stereocenters. The topological polar surface area (TPSA) is 79.3 Å². The molecule has 0 aromatic carbocycles. The fourth-order valence-corrected chi connectivity index (χ4v) is 4.56. The molecule has 2 rings (SSSR count). The van der Waals surface area contributed by atoms with E-state index in [2.05, 4.69) is 16.6 Å². The molecule has 5 nitrogen and oxygen atoms in total. The van der Waals surface area contributed by atoms with Crippen molar-refractivity contribution >= 4 is 33.2 Å². The summed E-state index contributed by atoms with van der Waals surface area (Å²) in [7, 11) is -3.81. The van der Waals surface area contributed by atoms with Crippen LogP contribution in [0.25, 0.3) is 0 Å². The Hall–Kier alpha value is -0.400. The Morgan fingerprint density at radius 3 is 2.81 bits per heavy atom. The van der Waals surface area contributed by atoms with Crippen molar-refractivity contribution in [1.82, 2.24) is 9.71 Å². The molecule has 2 N–H and O–H groups in total. The standard InChI is InChI=1S/C13H18Cl2N2O3S/c1-9-3-2-4-13(6-9,8-18)17-21(19,20)10-5-11(14)12(15)16-7-10/h5,7,9,17-18H,2-4,6,8H2,1H3. The SMILES string of the molecule is CC1CCCC(CO)(NS(=O)(=O)c2cnc(Cl)c(Cl)c2)C1. The van der Waals surface area contributed by atoms with Gasteiger partial charge in [-0.15, -0.1) is 0 Å². The Kier molecular flexibility index (Phi) is 5.15. The number of aliphatic hydroxyl groups is 1. The maximum absolute atomic E-state index is 12.5. The van der Waals surface area contributed by atoms with Crippen molar-refractivity contribution in [2.45, 2.75) is 43.0 Å². The molecule has 0 bridgehead atoms. The Morgan fingerprint density at radius 2 is 2.24 bits per heavy atom.